The molecule has 1 heterocycles. The number of benzene rings is 1. The molecule has 3 rings (SSSR count). The van der Waals surface area contributed by atoms with Crippen LogP contribution >= 0.6 is 7.60 Å². The zero-order valence-electron chi connectivity index (χ0n) is 13.6. The van der Waals surface area contributed by atoms with Gasteiger partial charge in [0.2, 0.25) is 5.78 Å². The predicted molar refractivity (Wildman–Crippen MR) is 87.2 cm³/mol. The lowest BCUT2D eigenvalue weighted by molar-refractivity contribution is 0.0960. The Bertz CT molecular complexity index is 869. The molecule has 1 aliphatic carbocycles. The van der Waals surface area contributed by atoms with E-state index in [2.05, 4.69) is 0 Å². The van der Waals surface area contributed by atoms with E-state index in [1.54, 1.807) is 45.0 Å². The smallest absolute Gasteiger partial charge is 0.365 e. The molecule has 0 aliphatic heterocycles. The summed E-state index contributed by atoms with van der Waals surface area (Å²) in [4.78, 5) is 25.5. The van der Waals surface area contributed by atoms with Gasteiger partial charge >= 0.3 is 7.60 Å². The minimum Gasteiger partial charge on any atom is -0.456 e. The molecule has 0 amide bonds. The van der Waals surface area contributed by atoms with Gasteiger partial charge in [-0.05, 0) is 20.8 Å². The predicted octanol–water partition coefficient (Wildman–Crippen LogP) is 3.25. The Hall–Kier alpha value is -2.01. The number of furan rings is 1. The van der Waals surface area contributed by atoms with Crippen molar-refractivity contribution in [3.63, 3.8) is 0 Å². The fourth-order valence-electron chi connectivity index (χ4n) is 2.88. The molecule has 0 unspecified atom stereocenters. The van der Waals surface area contributed by atoms with Crippen LogP contribution in [0.1, 0.15) is 51.6 Å². The summed E-state index contributed by atoms with van der Waals surface area (Å²) in [6, 6.07) is 6.49. The van der Waals surface area contributed by atoms with E-state index in [1.165, 1.54) is 0 Å². The molecule has 2 aromatic rings. The van der Waals surface area contributed by atoms with Gasteiger partial charge in [-0.3, -0.25) is 14.2 Å². The molecule has 0 atom stereocenters. The highest BCUT2D eigenvalue weighted by Crippen LogP contribution is 2.50. The first-order chi connectivity index (χ1) is 11.4. The summed E-state index contributed by atoms with van der Waals surface area (Å²) >= 11 is 0. The number of aryl methyl sites for hydroxylation is 1. The number of hydrogen-bond donors (Lipinski definition) is 0. The number of fused-ring (bicyclic) bond motifs is 2. The van der Waals surface area contributed by atoms with Crippen molar-refractivity contribution in [3.8, 4) is 0 Å². The summed E-state index contributed by atoms with van der Waals surface area (Å²) in [7, 11) is -3.76. The van der Waals surface area contributed by atoms with Crippen molar-refractivity contribution in [1.82, 2.24) is 0 Å². The van der Waals surface area contributed by atoms with Gasteiger partial charge in [-0.15, -0.1) is 0 Å². The molecule has 0 spiro atoms. The van der Waals surface area contributed by atoms with Crippen LogP contribution < -0.4 is 5.30 Å². The number of hydrogen-bond acceptors (Lipinski definition) is 6. The Morgan fingerprint density at radius 1 is 1.00 bits per heavy atom. The minimum atomic E-state index is -3.76. The lowest BCUT2D eigenvalue weighted by Gasteiger charge is -2.19. The molecule has 0 saturated carbocycles. The van der Waals surface area contributed by atoms with Crippen molar-refractivity contribution >= 4 is 24.5 Å². The van der Waals surface area contributed by atoms with Gasteiger partial charge in [-0.1, -0.05) is 24.3 Å². The van der Waals surface area contributed by atoms with E-state index in [0.29, 0.717) is 0 Å². The summed E-state index contributed by atoms with van der Waals surface area (Å²) in [5, 5.41) is 0.0500. The third kappa shape index (κ3) is 2.38. The summed E-state index contributed by atoms with van der Waals surface area (Å²) in [6.07, 6.45) is 0. The van der Waals surface area contributed by atoms with Gasteiger partial charge in [-0.2, -0.15) is 0 Å². The monoisotopic (exact) mass is 348 g/mol. The second-order valence-electron chi connectivity index (χ2n) is 5.25. The van der Waals surface area contributed by atoms with Crippen molar-refractivity contribution < 1.29 is 27.6 Å². The van der Waals surface area contributed by atoms with Crippen LogP contribution in [-0.2, 0) is 13.6 Å². The Kier molecular flexibility index (Phi) is 4.30. The molecular formula is C17H17O6P. The molecule has 1 aliphatic rings. The largest absolute Gasteiger partial charge is 0.456 e. The van der Waals surface area contributed by atoms with Crippen LogP contribution in [0.3, 0.4) is 0 Å². The van der Waals surface area contributed by atoms with Gasteiger partial charge in [0.15, 0.2) is 11.5 Å². The normalized spacial score (nSPS) is 13.8. The average Bonchev–Trinajstić information content (AvgIpc) is 2.91. The van der Waals surface area contributed by atoms with E-state index < -0.39 is 19.2 Å². The minimum absolute atomic E-state index is 0.0126. The molecule has 6 nitrogen and oxygen atoms in total. The molecule has 0 bridgehead atoms. The van der Waals surface area contributed by atoms with Crippen LogP contribution in [0.15, 0.2) is 28.7 Å². The second kappa shape index (κ2) is 6.13. The van der Waals surface area contributed by atoms with Gasteiger partial charge < -0.3 is 13.5 Å². The Morgan fingerprint density at radius 3 is 2.08 bits per heavy atom. The van der Waals surface area contributed by atoms with Crippen LogP contribution in [0.25, 0.3) is 0 Å². The van der Waals surface area contributed by atoms with Crippen molar-refractivity contribution in [2.75, 3.05) is 13.2 Å². The first kappa shape index (κ1) is 16.8. The van der Waals surface area contributed by atoms with Crippen molar-refractivity contribution in [1.29, 1.82) is 0 Å². The third-order valence-corrected chi connectivity index (χ3v) is 6.06. The number of rotatable bonds is 5. The summed E-state index contributed by atoms with van der Waals surface area (Å²) in [5.74, 6) is -0.730. The summed E-state index contributed by atoms with van der Waals surface area (Å²) < 4.78 is 29.4. The van der Waals surface area contributed by atoms with Crippen LogP contribution in [0.5, 0.6) is 0 Å². The summed E-state index contributed by atoms with van der Waals surface area (Å²) in [6.45, 7) is 5.17. The molecule has 0 saturated heterocycles. The first-order valence-corrected chi connectivity index (χ1v) is 9.20. The molecule has 0 N–H and O–H groups in total. The molecule has 0 fully saturated rings. The standard InChI is InChI=1S/C17H17O6P/c1-4-21-24(20,22-5-2)17-10(3)23-16-13(17)14(18)11-8-6-7-9-12(11)15(16)19/h6-9H,4-5H2,1-3H3. The van der Waals surface area contributed by atoms with Gasteiger partial charge in [0.1, 0.15) is 11.1 Å². The van der Waals surface area contributed by atoms with Crippen LogP contribution in [0.2, 0.25) is 0 Å². The van der Waals surface area contributed by atoms with Crippen LogP contribution in [0.4, 0.5) is 0 Å². The topological polar surface area (TPSA) is 82.8 Å². The maximum absolute atomic E-state index is 13.2. The highest BCUT2D eigenvalue weighted by molar-refractivity contribution is 7.62. The molecule has 1 aromatic heterocycles. The molecule has 126 valence electrons. The fraction of sp³-hybridized carbons (Fsp3) is 0.294. The van der Waals surface area contributed by atoms with E-state index in [9.17, 15) is 14.2 Å². The fourth-order valence-corrected chi connectivity index (χ4v) is 4.80. The zero-order chi connectivity index (χ0) is 17.5. The van der Waals surface area contributed by atoms with Gasteiger partial charge in [0.05, 0.1) is 18.8 Å². The maximum Gasteiger partial charge on any atom is 0.365 e. The highest BCUT2D eigenvalue weighted by Gasteiger charge is 2.43. The third-order valence-electron chi connectivity index (χ3n) is 3.77. The lowest BCUT2D eigenvalue weighted by Crippen LogP contribution is -2.26. The number of carbonyl (C=O) groups is 2. The maximum atomic E-state index is 13.2. The Labute approximate surface area is 139 Å². The average molecular weight is 348 g/mol. The van der Waals surface area contributed by atoms with Gasteiger partial charge in [0.25, 0.3) is 0 Å². The highest BCUT2D eigenvalue weighted by atomic mass is 31.2. The molecular weight excluding hydrogens is 331 g/mol. The summed E-state index contributed by atoms with van der Waals surface area (Å²) in [5.41, 5.74) is 0.524. The lowest BCUT2D eigenvalue weighted by atomic mass is 9.88. The number of ketones is 2. The first-order valence-electron chi connectivity index (χ1n) is 7.66. The van der Waals surface area contributed by atoms with E-state index in [-0.39, 0.29) is 46.7 Å². The SMILES string of the molecule is CCOP(=O)(OCC)c1c(C)oc2c1C(=O)c1ccccc1C2=O. The van der Waals surface area contributed by atoms with E-state index >= 15 is 0 Å². The van der Waals surface area contributed by atoms with Gasteiger partial charge in [-0.25, -0.2) is 0 Å². The van der Waals surface area contributed by atoms with Crippen LogP contribution in [0, 0.1) is 6.92 Å². The number of carbonyl (C=O) groups excluding carboxylic acids is 2. The van der Waals surface area contributed by atoms with Crippen LogP contribution in [-0.4, -0.2) is 24.8 Å². The molecule has 24 heavy (non-hydrogen) atoms. The molecule has 7 heteroatoms. The van der Waals surface area contributed by atoms with Crippen molar-refractivity contribution in [2.45, 2.75) is 20.8 Å². The zero-order valence-corrected chi connectivity index (χ0v) is 14.5. The molecule has 0 radical (unpaired) electrons. The molecule has 1 aromatic carbocycles. The van der Waals surface area contributed by atoms with Crippen molar-refractivity contribution in [3.05, 3.63) is 52.5 Å². The van der Waals surface area contributed by atoms with Crippen molar-refractivity contribution in [2.24, 2.45) is 0 Å². The quantitative estimate of drug-likeness (QED) is 0.658. The van der Waals surface area contributed by atoms with E-state index in [1.807, 2.05) is 0 Å². The van der Waals surface area contributed by atoms with E-state index in [0.717, 1.165) is 0 Å². The van der Waals surface area contributed by atoms with E-state index in [4.69, 9.17) is 13.5 Å². The van der Waals surface area contributed by atoms with Gasteiger partial charge in [0, 0.05) is 11.1 Å². The Balaban J connectivity index is 2.27. The second-order valence-corrected chi connectivity index (χ2v) is 7.21. The Morgan fingerprint density at radius 2 is 1.54 bits per heavy atom.